The molecule has 0 radical (unpaired) electrons. The smallest absolute Gasteiger partial charge is 0.410 e. The molecule has 0 bridgehead atoms. The van der Waals surface area contributed by atoms with Gasteiger partial charge in [-0.15, -0.1) is 0 Å². The third kappa shape index (κ3) is 8.45. The fraction of sp³-hybridized carbons (Fsp3) is 0.895. The molecule has 1 heterocycles. The van der Waals surface area contributed by atoms with Crippen molar-refractivity contribution in [2.45, 2.75) is 65.9 Å². The van der Waals surface area contributed by atoms with E-state index >= 15 is 0 Å². The number of amides is 1. The van der Waals surface area contributed by atoms with Gasteiger partial charge in [-0.3, -0.25) is 4.99 Å². The van der Waals surface area contributed by atoms with Crippen LogP contribution in [0.25, 0.3) is 0 Å². The van der Waals surface area contributed by atoms with Crippen LogP contribution in [0.1, 0.15) is 60.3 Å². The molecule has 0 saturated carbocycles. The largest absolute Gasteiger partial charge is 0.444 e. The van der Waals surface area contributed by atoms with Gasteiger partial charge >= 0.3 is 6.09 Å². The Balaban J connectivity index is 2.59. The summed E-state index contributed by atoms with van der Waals surface area (Å²) in [6.07, 6.45) is 4.27. The first-order chi connectivity index (χ1) is 11.8. The second kappa shape index (κ2) is 10.5. The molecule has 0 aromatic heterocycles. The number of ether oxygens (including phenoxy) is 1. The summed E-state index contributed by atoms with van der Waals surface area (Å²) in [6, 6.07) is 0. The second-order valence-corrected chi connectivity index (χ2v) is 7.90. The van der Waals surface area contributed by atoms with Crippen LogP contribution >= 0.6 is 0 Å². The number of hydrogen-bond donors (Lipinski definition) is 1. The predicted octanol–water partition coefficient (Wildman–Crippen LogP) is 3.33. The molecule has 1 aliphatic heterocycles. The van der Waals surface area contributed by atoms with Gasteiger partial charge in [0, 0.05) is 39.8 Å². The minimum absolute atomic E-state index is 0.201. The highest BCUT2D eigenvalue weighted by Crippen LogP contribution is 2.19. The molecule has 25 heavy (non-hydrogen) atoms. The molecule has 0 aromatic rings. The molecule has 0 spiro atoms. The van der Waals surface area contributed by atoms with Crippen LogP contribution in [0.3, 0.4) is 0 Å². The summed E-state index contributed by atoms with van der Waals surface area (Å²) >= 11 is 0. The number of unbranched alkanes of at least 4 members (excludes halogenated alkanes) is 1. The van der Waals surface area contributed by atoms with Crippen molar-refractivity contribution in [1.82, 2.24) is 15.1 Å². The maximum Gasteiger partial charge on any atom is 0.410 e. The van der Waals surface area contributed by atoms with E-state index in [0.29, 0.717) is 5.92 Å². The van der Waals surface area contributed by atoms with Gasteiger partial charge in [0.15, 0.2) is 5.96 Å². The van der Waals surface area contributed by atoms with E-state index < -0.39 is 5.60 Å². The summed E-state index contributed by atoms with van der Waals surface area (Å²) in [5.74, 6) is 1.36. The number of nitrogens with zero attached hydrogens (tertiary/aromatic N) is 3. The van der Waals surface area contributed by atoms with Crippen molar-refractivity contribution in [3.63, 3.8) is 0 Å². The summed E-state index contributed by atoms with van der Waals surface area (Å²) in [7, 11) is 2.09. The minimum atomic E-state index is -0.442. The van der Waals surface area contributed by atoms with E-state index in [-0.39, 0.29) is 6.09 Å². The van der Waals surface area contributed by atoms with Gasteiger partial charge in [0.05, 0.1) is 0 Å². The summed E-state index contributed by atoms with van der Waals surface area (Å²) in [6.45, 7) is 14.2. The average Bonchev–Trinajstić information content (AvgIpc) is 2.55. The molecule has 1 unspecified atom stereocenters. The number of nitrogens with one attached hydrogen (secondary N) is 1. The highest BCUT2D eigenvalue weighted by Gasteiger charge is 2.27. The number of likely N-dealkylation sites (tertiary alicyclic amines) is 1. The molecule has 1 aliphatic rings. The number of guanidine groups is 1. The Kier molecular flexibility index (Phi) is 9.08. The standard InChI is InChI=1S/C19H38N4O2/c1-7-9-12-22(6)17(20-8-2)21-14-16-11-10-13-23(15-16)18(24)25-19(3,4)5/h16H,7-15H2,1-6H3,(H,20,21). The fourth-order valence-electron chi connectivity index (χ4n) is 2.89. The van der Waals surface area contributed by atoms with E-state index in [1.54, 1.807) is 0 Å². The summed E-state index contributed by atoms with van der Waals surface area (Å²) in [5, 5.41) is 3.37. The van der Waals surface area contributed by atoms with Crippen molar-refractivity contribution in [2.24, 2.45) is 10.9 Å². The molecule has 6 nitrogen and oxygen atoms in total. The zero-order valence-electron chi connectivity index (χ0n) is 17.1. The normalized spacial score (nSPS) is 18.9. The van der Waals surface area contributed by atoms with Crippen molar-refractivity contribution in [3.8, 4) is 0 Å². The van der Waals surface area contributed by atoms with E-state index in [1.165, 1.54) is 6.42 Å². The van der Waals surface area contributed by atoms with E-state index in [1.807, 2.05) is 25.7 Å². The van der Waals surface area contributed by atoms with Crippen LogP contribution in [0, 0.1) is 5.92 Å². The van der Waals surface area contributed by atoms with E-state index in [4.69, 9.17) is 9.73 Å². The number of hydrogen-bond acceptors (Lipinski definition) is 3. The quantitative estimate of drug-likeness (QED) is 0.587. The first-order valence-corrected chi connectivity index (χ1v) is 9.74. The van der Waals surface area contributed by atoms with Crippen LogP contribution in [-0.4, -0.2) is 67.2 Å². The van der Waals surface area contributed by atoms with Crippen molar-refractivity contribution >= 4 is 12.1 Å². The monoisotopic (exact) mass is 354 g/mol. The highest BCUT2D eigenvalue weighted by molar-refractivity contribution is 5.79. The average molecular weight is 355 g/mol. The van der Waals surface area contributed by atoms with E-state index in [0.717, 1.165) is 57.9 Å². The number of piperidine rings is 1. The molecule has 0 aromatic carbocycles. The molecule has 1 rings (SSSR count). The lowest BCUT2D eigenvalue weighted by Gasteiger charge is -2.33. The van der Waals surface area contributed by atoms with Crippen LogP contribution in [0.15, 0.2) is 4.99 Å². The molecule has 1 N–H and O–H groups in total. The van der Waals surface area contributed by atoms with Crippen molar-refractivity contribution in [2.75, 3.05) is 39.8 Å². The molecule has 1 amide bonds. The molecule has 6 heteroatoms. The van der Waals surface area contributed by atoms with Crippen LogP contribution in [0.4, 0.5) is 4.79 Å². The lowest BCUT2D eigenvalue weighted by molar-refractivity contribution is 0.0170. The topological polar surface area (TPSA) is 57.2 Å². The van der Waals surface area contributed by atoms with Gasteiger partial charge in [-0.05, 0) is 52.9 Å². The number of carbonyl (C=O) groups is 1. The number of rotatable bonds is 6. The third-order valence-electron chi connectivity index (χ3n) is 4.21. The molecule has 146 valence electrons. The summed E-state index contributed by atoms with van der Waals surface area (Å²) in [5.41, 5.74) is -0.442. The lowest BCUT2D eigenvalue weighted by atomic mass is 9.98. The fourth-order valence-corrected chi connectivity index (χ4v) is 2.89. The maximum atomic E-state index is 12.3. The highest BCUT2D eigenvalue weighted by atomic mass is 16.6. The van der Waals surface area contributed by atoms with Gasteiger partial charge in [-0.2, -0.15) is 0 Å². The summed E-state index contributed by atoms with van der Waals surface area (Å²) in [4.78, 5) is 21.1. The van der Waals surface area contributed by atoms with Gasteiger partial charge in [-0.1, -0.05) is 13.3 Å². The molecule has 0 aliphatic carbocycles. The third-order valence-corrected chi connectivity index (χ3v) is 4.21. The van der Waals surface area contributed by atoms with E-state index in [9.17, 15) is 4.79 Å². The molecule has 1 atom stereocenters. The first kappa shape index (κ1) is 21.6. The molecular formula is C19H38N4O2. The number of carbonyl (C=O) groups excluding carboxylic acids is 1. The zero-order chi connectivity index (χ0) is 18.9. The Bertz CT molecular complexity index is 432. The minimum Gasteiger partial charge on any atom is -0.444 e. The van der Waals surface area contributed by atoms with E-state index in [2.05, 4.69) is 31.1 Å². The summed E-state index contributed by atoms with van der Waals surface area (Å²) < 4.78 is 5.50. The van der Waals surface area contributed by atoms with Crippen molar-refractivity contribution in [3.05, 3.63) is 0 Å². The number of aliphatic imine (C=N–C) groups is 1. The molecular weight excluding hydrogens is 316 g/mol. The molecule has 1 saturated heterocycles. The van der Waals surface area contributed by atoms with Gasteiger partial charge in [-0.25, -0.2) is 4.79 Å². The first-order valence-electron chi connectivity index (χ1n) is 9.74. The van der Waals surface area contributed by atoms with Crippen LogP contribution in [0.2, 0.25) is 0 Å². The Labute approximate surface area is 154 Å². The Morgan fingerprint density at radius 3 is 2.68 bits per heavy atom. The second-order valence-electron chi connectivity index (χ2n) is 7.90. The zero-order valence-corrected chi connectivity index (χ0v) is 17.1. The van der Waals surface area contributed by atoms with Gasteiger partial charge in [0.25, 0.3) is 0 Å². The SMILES string of the molecule is CCCCN(C)C(=NCC1CCCN(C(=O)OC(C)(C)C)C1)NCC. The Hall–Kier alpha value is -1.46. The van der Waals surface area contributed by atoms with Gasteiger partial charge < -0.3 is 19.9 Å². The molecule has 1 fully saturated rings. The maximum absolute atomic E-state index is 12.3. The lowest BCUT2D eigenvalue weighted by Crippen LogP contribution is -2.44. The Morgan fingerprint density at radius 1 is 1.36 bits per heavy atom. The van der Waals surface area contributed by atoms with Crippen LogP contribution < -0.4 is 5.32 Å². The van der Waals surface area contributed by atoms with Crippen molar-refractivity contribution < 1.29 is 9.53 Å². The van der Waals surface area contributed by atoms with Gasteiger partial charge in [0.2, 0.25) is 0 Å². The Morgan fingerprint density at radius 2 is 2.08 bits per heavy atom. The van der Waals surface area contributed by atoms with Crippen molar-refractivity contribution in [1.29, 1.82) is 0 Å². The predicted molar refractivity (Wildman–Crippen MR) is 104 cm³/mol. The van der Waals surface area contributed by atoms with Crippen LogP contribution in [0.5, 0.6) is 0 Å². The van der Waals surface area contributed by atoms with Gasteiger partial charge in [0.1, 0.15) is 5.60 Å². The van der Waals surface area contributed by atoms with Crippen LogP contribution in [-0.2, 0) is 4.74 Å².